The van der Waals surface area contributed by atoms with E-state index in [9.17, 15) is 9.18 Å². The lowest BCUT2D eigenvalue weighted by Crippen LogP contribution is -2.56. The Balaban J connectivity index is 1.59. The van der Waals surface area contributed by atoms with Crippen LogP contribution in [0.5, 0.6) is 5.75 Å². The van der Waals surface area contributed by atoms with Gasteiger partial charge in [-0.05, 0) is 36.2 Å². The molecule has 0 aromatic heterocycles. The number of amides is 1. The molecule has 0 radical (unpaired) electrons. The van der Waals surface area contributed by atoms with E-state index in [0.29, 0.717) is 18.7 Å². The largest absolute Gasteiger partial charge is 0.486 e. The van der Waals surface area contributed by atoms with Gasteiger partial charge in [0.15, 0.2) is 0 Å². The van der Waals surface area contributed by atoms with Crippen molar-refractivity contribution in [2.45, 2.75) is 19.4 Å². The summed E-state index contributed by atoms with van der Waals surface area (Å²) < 4.78 is 19.1. The van der Waals surface area contributed by atoms with E-state index >= 15 is 0 Å². The van der Waals surface area contributed by atoms with Gasteiger partial charge in [0.2, 0.25) is 0 Å². The lowest BCUT2D eigenvalue weighted by Gasteiger charge is -2.39. The van der Waals surface area contributed by atoms with Crippen LogP contribution in [0.25, 0.3) is 0 Å². The van der Waals surface area contributed by atoms with E-state index in [1.165, 1.54) is 12.1 Å². The third kappa shape index (κ3) is 2.96. The van der Waals surface area contributed by atoms with Crippen molar-refractivity contribution < 1.29 is 13.9 Å². The fourth-order valence-electron chi connectivity index (χ4n) is 2.57. The highest BCUT2D eigenvalue weighted by Crippen LogP contribution is 2.24. The fourth-order valence-corrected chi connectivity index (χ4v) is 2.57. The Bertz CT molecular complexity index is 680. The summed E-state index contributed by atoms with van der Waals surface area (Å²) in [5.74, 6) is 0.340. The maximum atomic E-state index is 13.2. The van der Waals surface area contributed by atoms with Crippen molar-refractivity contribution in [1.82, 2.24) is 4.90 Å². The molecule has 0 unspecified atom stereocenters. The van der Waals surface area contributed by atoms with Gasteiger partial charge in [0.1, 0.15) is 17.7 Å². The molecule has 1 fully saturated rings. The number of benzene rings is 2. The number of carbonyl (C=O) groups is 1. The molecule has 114 valence electrons. The predicted molar refractivity (Wildman–Crippen MR) is 82.5 cm³/mol. The predicted octanol–water partition coefficient (Wildman–Crippen LogP) is 3.29. The Morgan fingerprint density at radius 2 is 2.00 bits per heavy atom. The fraction of sp³-hybridized carbons (Fsp3) is 0.278. The molecule has 1 heterocycles. The average Bonchev–Trinajstić information content (AvgIpc) is 2.50. The Morgan fingerprint density at radius 3 is 2.73 bits per heavy atom. The second-order valence-electron chi connectivity index (χ2n) is 5.42. The van der Waals surface area contributed by atoms with E-state index in [4.69, 9.17) is 4.74 Å². The number of halogens is 1. The molecular formula is C18H18FNO2. The topological polar surface area (TPSA) is 29.5 Å². The van der Waals surface area contributed by atoms with E-state index in [0.717, 1.165) is 17.7 Å². The maximum Gasteiger partial charge on any atom is 0.254 e. The molecule has 22 heavy (non-hydrogen) atoms. The zero-order chi connectivity index (χ0) is 15.5. The van der Waals surface area contributed by atoms with E-state index in [1.807, 2.05) is 24.3 Å². The van der Waals surface area contributed by atoms with Gasteiger partial charge in [0.25, 0.3) is 5.91 Å². The normalized spacial score (nSPS) is 14.5. The van der Waals surface area contributed by atoms with Gasteiger partial charge in [0.05, 0.1) is 13.1 Å². The number of likely N-dealkylation sites (tertiary alicyclic amines) is 1. The Hall–Kier alpha value is -2.36. The van der Waals surface area contributed by atoms with Crippen molar-refractivity contribution in [3.05, 3.63) is 65.5 Å². The van der Waals surface area contributed by atoms with Crippen LogP contribution in [0.1, 0.15) is 22.8 Å². The number of rotatable bonds is 4. The van der Waals surface area contributed by atoms with Crippen molar-refractivity contribution >= 4 is 5.91 Å². The van der Waals surface area contributed by atoms with Crippen LogP contribution in [-0.2, 0) is 6.42 Å². The lowest BCUT2D eigenvalue weighted by atomic mass is 10.1. The molecule has 1 amide bonds. The van der Waals surface area contributed by atoms with Crippen LogP contribution in [0, 0.1) is 5.82 Å². The van der Waals surface area contributed by atoms with Gasteiger partial charge in [-0.3, -0.25) is 4.79 Å². The Morgan fingerprint density at radius 1 is 1.23 bits per heavy atom. The molecule has 0 saturated carbocycles. The first-order valence-electron chi connectivity index (χ1n) is 7.46. The van der Waals surface area contributed by atoms with E-state index in [2.05, 4.69) is 6.92 Å². The van der Waals surface area contributed by atoms with Crippen molar-refractivity contribution in [3.8, 4) is 5.75 Å². The summed E-state index contributed by atoms with van der Waals surface area (Å²) >= 11 is 0. The number of aryl methyl sites for hydroxylation is 1. The molecule has 2 aromatic rings. The second kappa shape index (κ2) is 6.18. The Labute approximate surface area is 129 Å². The third-order valence-electron chi connectivity index (χ3n) is 3.85. The second-order valence-corrected chi connectivity index (χ2v) is 5.42. The van der Waals surface area contributed by atoms with Crippen LogP contribution in [-0.4, -0.2) is 30.0 Å². The minimum Gasteiger partial charge on any atom is -0.486 e. The summed E-state index contributed by atoms with van der Waals surface area (Å²) in [5, 5.41) is 0. The number of carbonyl (C=O) groups excluding carboxylic acids is 1. The van der Waals surface area contributed by atoms with E-state index in [1.54, 1.807) is 17.0 Å². The molecule has 1 aliphatic rings. The van der Waals surface area contributed by atoms with E-state index < -0.39 is 5.82 Å². The smallest absolute Gasteiger partial charge is 0.254 e. The first-order chi connectivity index (χ1) is 10.7. The Kier molecular flexibility index (Phi) is 4.09. The highest BCUT2D eigenvalue weighted by molar-refractivity contribution is 5.94. The van der Waals surface area contributed by atoms with Crippen LogP contribution < -0.4 is 4.74 Å². The van der Waals surface area contributed by atoms with Crippen molar-refractivity contribution in [3.63, 3.8) is 0 Å². The molecule has 2 aromatic carbocycles. The molecule has 1 aliphatic heterocycles. The minimum atomic E-state index is -0.393. The van der Waals surface area contributed by atoms with Gasteiger partial charge < -0.3 is 9.64 Å². The van der Waals surface area contributed by atoms with Crippen molar-refractivity contribution in [1.29, 1.82) is 0 Å². The number of hydrogen-bond donors (Lipinski definition) is 0. The molecule has 0 aliphatic carbocycles. The molecular weight excluding hydrogens is 281 g/mol. The van der Waals surface area contributed by atoms with Gasteiger partial charge in [0, 0.05) is 5.56 Å². The van der Waals surface area contributed by atoms with Gasteiger partial charge in [-0.25, -0.2) is 4.39 Å². The first kappa shape index (κ1) is 14.6. The highest BCUT2D eigenvalue weighted by atomic mass is 19.1. The van der Waals surface area contributed by atoms with Gasteiger partial charge in [-0.2, -0.15) is 0 Å². The first-order valence-corrected chi connectivity index (χ1v) is 7.46. The van der Waals surface area contributed by atoms with Crippen LogP contribution in [0.15, 0.2) is 48.5 Å². The van der Waals surface area contributed by atoms with Gasteiger partial charge in [-0.1, -0.05) is 31.2 Å². The summed E-state index contributed by atoms with van der Waals surface area (Å²) in [5.41, 5.74) is 1.55. The van der Waals surface area contributed by atoms with Gasteiger partial charge >= 0.3 is 0 Å². The van der Waals surface area contributed by atoms with Crippen LogP contribution in [0.2, 0.25) is 0 Å². The van der Waals surface area contributed by atoms with Crippen molar-refractivity contribution in [2.24, 2.45) is 0 Å². The van der Waals surface area contributed by atoms with Crippen LogP contribution >= 0.6 is 0 Å². The standard InChI is InChI=1S/C18H18FNO2/c1-2-13-6-3-4-9-17(13)22-16-11-20(12-16)18(21)14-7-5-8-15(19)10-14/h3-10,16H,2,11-12H2,1H3. The zero-order valence-electron chi connectivity index (χ0n) is 12.5. The zero-order valence-corrected chi connectivity index (χ0v) is 12.5. The van der Waals surface area contributed by atoms with E-state index in [-0.39, 0.29) is 12.0 Å². The summed E-state index contributed by atoms with van der Waals surface area (Å²) in [6, 6.07) is 13.7. The molecule has 0 bridgehead atoms. The molecule has 1 saturated heterocycles. The number of nitrogens with zero attached hydrogens (tertiary/aromatic N) is 1. The monoisotopic (exact) mass is 299 g/mol. The number of ether oxygens (including phenoxy) is 1. The molecule has 3 rings (SSSR count). The molecule has 0 spiro atoms. The summed E-state index contributed by atoms with van der Waals surface area (Å²) in [4.78, 5) is 13.9. The highest BCUT2D eigenvalue weighted by Gasteiger charge is 2.33. The number of para-hydroxylation sites is 1. The maximum absolute atomic E-state index is 13.2. The molecule has 3 nitrogen and oxygen atoms in total. The van der Waals surface area contributed by atoms with Crippen LogP contribution in [0.4, 0.5) is 4.39 Å². The number of hydrogen-bond acceptors (Lipinski definition) is 2. The molecule has 0 N–H and O–H groups in total. The average molecular weight is 299 g/mol. The van der Waals surface area contributed by atoms with Crippen molar-refractivity contribution in [2.75, 3.05) is 13.1 Å². The molecule has 0 atom stereocenters. The summed E-state index contributed by atoms with van der Waals surface area (Å²) in [6.45, 7) is 3.16. The summed E-state index contributed by atoms with van der Waals surface area (Å²) in [6.07, 6.45) is 0.916. The summed E-state index contributed by atoms with van der Waals surface area (Å²) in [7, 11) is 0. The minimum absolute atomic E-state index is 0.00482. The molecule has 4 heteroatoms. The lowest BCUT2D eigenvalue weighted by molar-refractivity contribution is 0.0174. The van der Waals surface area contributed by atoms with Gasteiger partial charge in [-0.15, -0.1) is 0 Å². The third-order valence-corrected chi connectivity index (χ3v) is 3.85. The van der Waals surface area contributed by atoms with Crippen LogP contribution in [0.3, 0.4) is 0 Å². The quantitative estimate of drug-likeness (QED) is 0.867. The SMILES string of the molecule is CCc1ccccc1OC1CN(C(=O)c2cccc(F)c2)C1.